The van der Waals surface area contributed by atoms with Crippen LogP contribution in [0.5, 0.6) is 5.88 Å². The van der Waals surface area contributed by atoms with Gasteiger partial charge < -0.3 is 5.11 Å². The fourth-order valence-corrected chi connectivity index (χ4v) is 2.99. The van der Waals surface area contributed by atoms with E-state index in [-0.39, 0.29) is 17.3 Å². The third kappa shape index (κ3) is 2.57. The lowest BCUT2D eigenvalue weighted by molar-refractivity contribution is 0.449. The van der Waals surface area contributed by atoms with Crippen LogP contribution in [0.4, 0.5) is 5.69 Å². The van der Waals surface area contributed by atoms with Crippen LogP contribution in [0, 0.1) is 12.3 Å². The number of pyridine rings is 1. The van der Waals surface area contributed by atoms with E-state index in [9.17, 15) is 9.90 Å². The lowest BCUT2D eigenvalue weighted by atomic mass is 10.1. The number of hydrogen-bond acceptors (Lipinski definition) is 4. The number of anilines is 1. The number of aromatic amines is 1. The summed E-state index contributed by atoms with van der Waals surface area (Å²) in [4.78, 5) is 14.9. The second kappa shape index (κ2) is 6.00. The topological polar surface area (TPSA) is 92.5 Å². The highest BCUT2D eigenvalue weighted by atomic mass is 16.3. The lowest BCUT2D eigenvalue weighted by Gasteiger charge is -2.13. The molecule has 26 heavy (non-hydrogen) atoms. The van der Waals surface area contributed by atoms with Crippen molar-refractivity contribution in [1.82, 2.24) is 4.98 Å². The first-order chi connectivity index (χ1) is 12.5. The Balaban J connectivity index is 2.00. The predicted molar refractivity (Wildman–Crippen MR) is 100 cm³/mol. The zero-order valence-corrected chi connectivity index (χ0v) is 14.0. The van der Waals surface area contributed by atoms with E-state index in [1.165, 1.54) is 5.01 Å². The molecule has 0 aliphatic carbocycles. The van der Waals surface area contributed by atoms with E-state index in [4.69, 9.17) is 5.41 Å². The maximum Gasteiger partial charge on any atom is 0.260 e. The van der Waals surface area contributed by atoms with Gasteiger partial charge in [0.1, 0.15) is 10.9 Å². The molecule has 1 aromatic heterocycles. The minimum absolute atomic E-state index is 0.0128. The van der Waals surface area contributed by atoms with Gasteiger partial charge in [0.05, 0.1) is 10.9 Å². The molecular formula is C20H16N4O2. The number of nitrogens with zero attached hydrogens (tertiary/aromatic N) is 2. The van der Waals surface area contributed by atoms with E-state index >= 15 is 0 Å². The van der Waals surface area contributed by atoms with Gasteiger partial charge in [-0.2, -0.15) is 5.10 Å². The Morgan fingerprint density at radius 3 is 2.65 bits per heavy atom. The molecule has 6 heteroatoms. The van der Waals surface area contributed by atoms with E-state index in [0.29, 0.717) is 16.3 Å². The quantitative estimate of drug-likeness (QED) is 0.659. The van der Waals surface area contributed by atoms with Gasteiger partial charge in [-0.05, 0) is 30.7 Å². The van der Waals surface area contributed by atoms with Gasteiger partial charge in [-0.3, -0.25) is 15.2 Å². The highest BCUT2D eigenvalue weighted by Crippen LogP contribution is 2.21. The molecule has 1 aliphatic rings. The van der Waals surface area contributed by atoms with Crippen LogP contribution in [0.15, 0.2) is 64.5 Å². The Kier molecular flexibility index (Phi) is 3.65. The standard InChI is InChI=1S/C20H16N4O2/c1-12-6-5-7-13(10-12)11-15-17-16(20(26)22-19(15)25)18(21)24(23-17)14-8-3-2-4-9-14/h2-11,21,26H,1H3,(H,22,25)/b15-11+,21-18?. The first-order valence-electron chi connectivity index (χ1n) is 8.11. The van der Waals surface area contributed by atoms with Crippen LogP contribution in [0.1, 0.15) is 16.7 Å². The SMILES string of the molecule is Cc1cccc(/C=c2/c(=O)[nH]c(O)c3c2=NN(c2ccccc2)C3=N)c1. The largest absolute Gasteiger partial charge is 0.494 e. The van der Waals surface area contributed by atoms with Gasteiger partial charge in [0, 0.05) is 0 Å². The summed E-state index contributed by atoms with van der Waals surface area (Å²) in [7, 11) is 0. The molecule has 4 rings (SSSR count). The average molecular weight is 344 g/mol. The first kappa shape index (κ1) is 15.8. The van der Waals surface area contributed by atoms with Gasteiger partial charge >= 0.3 is 0 Å². The summed E-state index contributed by atoms with van der Waals surface area (Å²) in [6, 6.07) is 16.9. The molecule has 0 bridgehead atoms. The van der Waals surface area contributed by atoms with Crippen LogP contribution in [-0.4, -0.2) is 15.9 Å². The van der Waals surface area contributed by atoms with Crippen molar-refractivity contribution in [2.45, 2.75) is 6.92 Å². The Hall–Kier alpha value is -3.67. The molecule has 0 saturated carbocycles. The molecule has 2 aromatic carbocycles. The van der Waals surface area contributed by atoms with Crippen molar-refractivity contribution < 1.29 is 5.11 Å². The van der Waals surface area contributed by atoms with Gasteiger partial charge in [-0.25, -0.2) is 5.01 Å². The fourth-order valence-electron chi connectivity index (χ4n) is 2.99. The van der Waals surface area contributed by atoms with Gasteiger partial charge in [0.15, 0.2) is 5.84 Å². The summed E-state index contributed by atoms with van der Waals surface area (Å²) in [6.07, 6.45) is 1.72. The highest BCUT2D eigenvalue weighted by Gasteiger charge is 2.26. The zero-order chi connectivity index (χ0) is 18.3. The Bertz CT molecular complexity index is 1200. The first-order valence-corrected chi connectivity index (χ1v) is 8.11. The third-order valence-electron chi connectivity index (χ3n) is 4.21. The molecule has 0 fully saturated rings. The highest BCUT2D eigenvalue weighted by molar-refractivity contribution is 6.10. The van der Waals surface area contributed by atoms with E-state index in [1.807, 2.05) is 61.5 Å². The Morgan fingerprint density at radius 1 is 1.15 bits per heavy atom. The Morgan fingerprint density at radius 2 is 1.92 bits per heavy atom. The van der Waals surface area contributed by atoms with Gasteiger partial charge in [-0.15, -0.1) is 0 Å². The molecule has 0 radical (unpaired) electrons. The molecule has 3 aromatic rings. The normalized spacial score (nSPS) is 13.7. The number of hydrogen-bond donors (Lipinski definition) is 3. The summed E-state index contributed by atoms with van der Waals surface area (Å²) in [6.45, 7) is 1.97. The van der Waals surface area contributed by atoms with Crippen molar-refractivity contribution in [2.24, 2.45) is 5.10 Å². The summed E-state index contributed by atoms with van der Waals surface area (Å²) >= 11 is 0. The van der Waals surface area contributed by atoms with E-state index < -0.39 is 5.56 Å². The lowest BCUT2D eigenvalue weighted by Crippen LogP contribution is -2.42. The molecule has 1 aliphatic heterocycles. The number of aromatic nitrogens is 1. The number of para-hydroxylation sites is 1. The minimum atomic E-state index is -0.450. The minimum Gasteiger partial charge on any atom is -0.494 e. The van der Waals surface area contributed by atoms with Gasteiger partial charge in [-0.1, -0.05) is 48.0 Å². The van der Waals surface area contributed by atoms with Crippen LogP contribution < -0.4 is 21.1 Å². The molecule has 0 unspecified atom stereocenters. The van der Waals surface area contributed by atoms with Crippen molar-refractivity contribution in [3.8, 4) is 5.88 Å². The smallest absolute Gasteiger partial charge is 0.260 e. The molecule has 0 amide bonds. The number of rotatable bonds is 2. The van der Waals surface area contributed by atoms with Crippen molar-refractivity contribution >= 4 is 17.6 Å². The van der Waals surface area contributed by atoms with E-state index in [0.717, 1.165) is 11.1 Å². The number of amidine groups is 1. The molecule has 0 atom stereocenters. The molecule has 0 saturated heterocycles. The summed E-state index contributed by atoms with van der Waals surface area (Å²) in [5, 5.41) is 25.0. The number of H-pyrrole nitrogens is 1. The van der Waals surface area contributed by atoms with Gasteiger partial charge in [0.25, 0.3) is 5.56 Å². The van der Waals surface area contributed by atoms with Crippen LogP contribution in [0.2, 0.25) is 0 Å². The van der Waals surface area contributed by atoms with Crippen molar-refractivity contribution in [3.63, 3.8) is 0 Å². The third-order valence-corrected chi connectivity index (χ3v) is 4.21. The van der Waals surface area contributed by atoms with Crippen molar-refractivity contribution in [3.05, 3.63) is 92.2 Å². The zero-order valence-electron chi connectivity index (χ0n) is 14.0. The van der Waals surface area contributed by atoms with Crippen LogP contribution in [-0.2, 0) is 0 Å². The fraction of sp³-hybridized carbons (Fsp3) is 0.0500. The van der Waals surface area contributed by atoms with Crippen molar-refractivity contribution in [2.75, 3.05) is 5.01 Å². The van der Waals surface area contributed by atoms with Crippen LogP contribution >= 0.6 is 0 Å². The van der Waals surface area contributed by atoms with E-state index in [2.05, 4.69) is 10.1 Å². The summed E-state index contributed by atoms with van der Waals surface area (Å²) in [5.74, 6) is -0.336. The molecular weight excluding hydrogens is 328 g/mol. The molecule has 128 valence electrons. The number of aromatic hydroxyl groups is 1. The second-order valence-corrected chi connectivity index (χ2v) is 6.09. The number of benzene rings is 2. The maximum absolute atomic E-state index is 12.4. The van der Waals surface area contributed by atoms with Crippen LogP contribution in [0.3, 0.4) is 0 Å². The van der Waals surface area contributed by atoms with Crippen LogP contribution in [0.25, 0.3) is 6.08 Å². The number of aryl methyl sites for hydroxylation is 1. The van der Waals surface area contributed by atoms with Crippen molar-refractivity contribution in [1.29, 1.82) is 5.41 Å². The van der Waals surface area contributed by atoms with Gasteiger partial charge in [0.2, 0.25) is 5.88 Å². The molecule has 6 nitrogen and oxygen atoms in total. The Labute approximate surface area is 148 Å². The monoisotopic (exact) mass is 344 g/mol. The van der Waals surface area contributed by atoms with E-state index in [1.54, 1.807) is 6.08 Å². The summed E-state index contributed by atoms with van der Waals surface area (Å²) < 4.78 is 0. The molecule has 3 N–H and O–H groups in total. The number of nitrogens with one attached hydrogen (secondary N) is 2. The molecule has 2 heterocycles. The second-order valence-electron chi connectivity index (χ2n) is 6.09. The predicted octanol–water partition coefficient (Wildman–Crippen LogP) is 1.60. The number of fused-ring (bicyclic) bond motifs is 1. The summed E-state index contributed by atoms with van der Waals surface area (Å²) in [5.41, 5.74) is 2.37. The average Bonchev–Trinajstić information content (AvgIpc) is 2.97. The maximum atomic E-state index is 12.4. The molecule has 0 spiro atoms.